The third kappa shape index (κ3) is 4.37. The van der Waals surface area contributed by atoms with Gasteiger partial charge in [0, 0.05) is 38.4 Å². The van der Waals surface area contributed by atoms with Crippen LogP contribution in [0.3, 0.4) is 0 Å². The average Bonchev–Trinajstić information content (AvgIpc) is 2.61. The molecule has 0 radical (unpaired) electrons. The Morgan fingerprint density at radius 1 is 1.12 bits per heavy atom. The molecule has 1 aliphatic rings. The maximum absolute atomic E-state index is 12.9. The van der Waals surface area contributed by atoms with E-state index in [4.69, 9.17) is 0 Å². The second-order valence-electron chi connectivity index (χ2n) is 8.23. The topological polar surface area (TPSA) is 52.7 Å². The number of piperazine rings is 1. The zero-order valence-electron chi connectivity index (χ0n) is 17.1. The molecule has 1 saturated heterocycles. The minimum absolute atomic E-state index is 0.0839. The quantitative estimate of drug-likeness (QED) is 0.823. The van der Waals surface area contributed by atoms with Gasteiger partial charge in [0.1, 0.15) is 5.41 Å². The van der Waals surface area contributed by atoms with Crippen LogP contribution in [0.5, 0.6) is 0 Å². The maximum atomic E-state index is 12.9. The van der Waals surface area contributed by atoms with Gasteiger partial charge in [-0.15, -0.1) is 0 Å². The van der Waals surface area contributed by atoms with Crippen LogP contribution in [0.25, 0.3) is 0 Å². The fourth-order valence-corrected chi connectivity index (χ4v) is 3.24. The molecule has 1 N–H and O–H groups in total. The van der Waals surface area contributed by atoms with Gasteiger partial charge in [-0.05, 0) is 50.8 Å². The van der Waals surface area contributed by atoms with Gasteiger partial charge in [-0.2, -0.15) is 0 Å². The molecule has 0 unspecified atom stereocenters. The molecule has 26 heavy (non-hydrogen) atoms. The molecule has 5 nitrogen and oxygen atoms in total. The van der Waals surface area contributed by atoms with Crippen LogP contribution in [0.4, 0.5) is 5.69 Å². The molecule has 1 fully saturated rings. The second kappa shape index (κ2) is 8.11. The molecule has 1 aromatic carbocycles. The summed E-state index contributed by atoms with van der Waals surface area (Å²) in [7, 11) is 0. The van der Waals surface area contributed by atoms with Crippen LogP contribution in [0, 0.1) is 25.2 Å². The van der Waals surface area contributed by atoms with E-state index in [1.807, 2.05) is 18.7 Å². The summed E-state index contributed by atoms with van der Waals surface area (Å²) < 4.78 is 0. The third-order valence-corrected chi connectivity index (χ3v) is 5.26. The highest BCUT2D eigenvalue weighted by molar-refractivity contribution is 6.04. The van der Waals surface area contributed by atoms with Crippen molar-refractivity contribution >= 4 is 17.5 Å². The second-order valence-corrected chi connectivity index (χ2v) is 8.23. The number of aryl methyl sites for hydroxylation is 1. The number of hydrogen-bond donors (Lipinski definition) is 1. The molecule has 1 aromatic rings. The van der Waals surface area contributed by atoms with Crippen LogP contribution < -0.4 is 10.2 Å². The maximum Gasteiger partial charge on any atom is 0.237 e. The predicted octanol–water partition coefficient (Wildman–Crippen LogP) is 2.75. The van der Waals surface area contributed by atoms with Crippen molar-refractivity contribution in [1.82, 2.24) is 10.2 Å². The third-order valence-electron chi connectivity index (χ3n) is 5.26. The van der Waals surface area contributed by atoms with Crippen molar-refractivity contribution in [3.05, 3.63) is 29.3 Å². The monoisotopic (exact) mass is 359 g/mol. The molecule has 0 saturated carbocycles. The van der Waals surface area contributed by atoms with Gasteiger partial charge in [0.05, 0.1) is 0 Å². The molecule has 0 atom stereocenters. The highest BCUT2D eigenvalue weighted by Gasteiger charge is 2.40. The number of rotatable bonds is 5. The average molecular weight is 360 g/mol. The highest BCUT2D eigenvalue weighted by Crippen LogP contribution is 2.26. The first-order chi connectivity index (χ1) is 12.1. The lowest BCUT2D eigenvalue weighted by Crippen LogP contribution is -2.55. The normalized spacial score (nSPS) is 15.3. The van der Waals surface area contributed by atoms with E-state index in [9.17, 15) is 9.59 Å². The molecule has 2 rings (SSSR count). The summed E-state index contributed by atoms with van der Waals surface area (Å²) in [5.41, 5.74) is 2.78. The molecule has 1 heterocycles. The number of anilines is 1. The standard InChI is InChI=1S/C21H33N3O2/c1-15(2)14-22-19(25)21(5,6)20(26)24-12-10-23(11-13-24)18-9-7-8-16(3)17(18)4/h7-9,15H,10-14H2,1-6H3,(H,22,25). The van der Waals surface area contributed by atoms with Crippen molar-refractivity contribution in [3.63, 3.8) is 0 Å². The van der Waals surface area contributed by atoms with Gasteiger partial charge >= 0.3 is 0 Å². The number of hydrogen-bond acceptors (Lipinski definition) is 3. The molecule has 0 bridgehead atoms. The number of nitrogens with zero attached hydrogens (tertiary/aromatic N) is 2. The zero-order valence-corrected chi connectivity index (χ0v) is 17.1. The Hall–Kier alpha value is -2.04. The molecular formula is C21H33N3O2. The number of nitrogens with one attached hydrogen (secondary N) is 1. The Labute approximate surface area is 157 Å². The summed E-state index contributed by atoms with van der Waals surface area (Å²) >= 11 is 0. The van der Waals surface area contributed by atoms with Crippen LogP contribution in [0.2, 0.25) is 0 Å². The minimum atomic E-state index is -1.03. The summed E-state index contributed by atoms with van der Waals surface area (Å²) in [6.45, 7) is 15.3. The molecule has 2 amide bonds. The first kappa shape index (κ1) is 20.3. The summed E-state index contributed by atoms with van der Waals surface area (Å²) in [5.74, 6) is 0.0958. The Morgan fingerprint density at radius 2 is 1.73 bits per heavy atom. The smallest absolute Gasteiger partial charge is 0.237 e. The molecule has 5 heteroatoms. The molecule has 144 valence electrons. The summed E-state index contributed by atoms with van der Waals surface area (Å²) in [6.07, 6.45) is 0. The largest absolute Gasteiger partial charge is 0.368 e. The Balaban J connectivity index is 1.99. The van der Waals surface area contributed by atoms with Crippen LogP contribution in [0.15, 0.2) is 18.2 Å². The summed E-state index contributed by atoms with van der Waals surface area (Å²) in [5, 5.41) is 2.89. The van der Waals surface area contributed by atoms with E-state index in [2.05, 4.69) is 42.3 Å². The van der Waals surface area contributed by atoms with Gasteiger partial charge < -0.3 is 15.1 Å². The Kier molecular flexibility index (Phi) is 6.32. The van der Waals surface area contributed by atoms with E-state index in [1.165, 1.54) is 16.8 Å². The Bertz CT molecular complexity index is 659. The van der Waals surface area contributed by atoms with E-state index in [-0.39, 0.29) is 11.8 Å². The minimum Gasteiger partial charge on any atom is -0.368 e. The van der Waals surface area contributed by atoms with E-state index >= 15 is 0 Å². The van der Waals surface area contributed by atoms with Crippen molar-refractivity contribution in [3.8, 4) is 0 Å². The van der Waals surface area contributed by atoms with E-state index in [1.54, 1.807) is 13.8 Å². The van der Waals surface area contributed by atoms with Gasteiger partial charge in [-0.25, -0.2) is 0 Å². The van der Waals surface area contributed by atoms with Gasteiger partial charge in [-0.1, -0.05) is 26.0 Å². The predicted molar refractivity (Wildman–Crippen MR) is 106 cm³/mol. The summed E-state index contributed by atoms with van der Waals surface area (Å²) in [4.78, 5) is 29.5. The highest BCUT2D eigenvalue weighted by atomic mass is 16.2. The number of carbonyl (C=O) groups is 2. The van der Waals surface area contributed by atoms with Crippen LogP contribution >= 0.6 is 0 Å². The van der Waals surface area contributed by atoms with E-state index in [0.29, 0.717) is 25.6 Å². The lowest BCUT2D eigenvalue weighted by atomic mass is 9.89. The van der Waals surface area contributed by atoms with Crippen molar-refractivity contribution in [2.24, 2.45) is 11.3 Å². The van der Waals surface area contributed by atoms with Crippen LogP contribution in [-0.2, 0) is 9.59 Å². The lowest BCUT2D eigenvalue weighted by Gasteiger charge is -2.39. The van der Waals surface area contributed by atoms with E-state index in [0.717, 1.165) is 13.1 Å². The van der Waals surface area contributed by atoms with Crippen LogP contribution in [-0.4, -0.2) is 49.4 Å². The van der Waals surface area contributed by atoms with Crippen molar-refractivity contribution < 1.29 is 9.59 Å². The zero-order chi connectivity index (χ0) is 19.5. The van der Waals surface area contributed by atoms with Gasteiger partial charge in [0.2, 0.25) is 11.8 Å². The van der Waals surface area contributed by atoms with Gasteiger partial charge in [0.15, 0.2) is 0 Å². The van der Waals surface area contributed by atoms with Crippen LogP contribution in [0.1, 0.15) is 38.8 Å². The molecule has 0 spiro atoms. The van der Waals surface area contributed by atoms with Gasteiger partial charge in [-0.3, -0.25) is 9.59 Å². The number of carbonyl (C=O) groups excluding carboxylic acids is 2. The molecular weight excluding hydrogens is 326 g/mol. The molecule has 0 aliphatic carbocycles. The number of amides is 2. The first-order valence-corrected chi connectivity index (χ1v) is 9.53. The van der Waals surface area contributed by atoms with E-state index < -0.39 is 5.41 Å². The fourth-order valence-electron chi connectivity index (χ4n) is 3.24. The lowest BCUT2D eigenvalue weighted by molar-refractivity contribution is -0.148. The Morgan fingerprint density at radius 3 is 2.31 bits per heavy atom. The first-order valence-electron chi connectivity index (χ1n) is 9.53. The van der Waals surface area contributed by atoms with Crippen molar-refractivity contribution in [2.45, 2.75) is 41.5 Å². The van der Waals surface area contributed by atoms with Gasteiger partial charge in [0.25, 0.3) is 0 Å². The molecule has 1 aliphatic heterocycles. The summed E-state index contributed by atoms with van der Waals surface area (Å²) in [6, 6.07) is 6.34. The van der Waals surface area contributed by atoms with Crippen molar-refractivity contribution in [1.29, 1.82) is 0 Å². The van der Waals surface area contributed by atoms with Crippen molar-refractivity contribution in [2.75, 3.05) is 37.6 Å². The number of benzene rings is 1. The molecule has 0 aromatic heterocycles. The SMILES string of the molecule is Cc1cccc(N2CCN(C(=O)C(C)(C)C(=O)NCC(C)C)CC2)c1C. The fraction of sp³-hybridized carbons (Fsp3) is 0.619.